The average Bonchev–Trinajstić information content (AvgIpc) is 2.98. The Morgan fingerprint density at radius 1 is 1.30 bits per heavy atom. The lowest BCUT2D eigenvalue weighted by molar-refractivity contribution is 0.0342. The number of hydrogen-bond acceptors (Lipinski definition) is 4. The molecule has 0 saturated carbocycles. The maximum atomic E-state index is 5.81. The van der Waals surface area contributed by atoms with E-state index >= 15 is 0 Å². The quantitative estimate of drug-likeness (QED) is 0.810. The van der Waals surface area contributed by atoms with E-state index in [9.17, 15) is 0 Å². The van der Waals surface area contributed by atoms with Crippen molar-refractivity contribution >= 4 is 22.9 Å². The number of aromatic nitrogens is 1. The molecule has 106 valence electrons. The molecule has 0 bridgehead atoms. The number of alkyl halides is 1. The summed E-state index contributed by atoms with van der Waals surface area (Å²) in [5, 5.41) is 3.07. The van der Waals surface area contributed by atoms with Crippen LogP contribution in [0.25, 0.3) is 10.6 Å². The van der Waals surface area contributed by atoms with Gasteiger partial charge in [0.05, 0.1) is 24.8 Å². The van der Waals surface area contributed by atoms with Gasteiger partial charge < -0.3 is 4.74 Å². The van der Waals surface area contributed by atoms with Crippen LogP contribution in [0.5, 0.6) is 0 Å². The second-order valence-electron chi connectivity index (χ2n) is 4.87. The molecule has 2 aromatic rings. The molecule has 1 aliphatic heterocycles. The number of nitrogens with zero attached hydrogens (tertiary/aromatic N) is 2. The highest BCUT2D eigenvalue weighted by Crippen LogP contribution is 2.25. The van der Waals surface area contributed by atoms with Crippen LogP contribution in [-0.4, -0.2) is 36.2 Å². The van der Waals surface area contributed by atoms with E-state index in [1.54, 1.807) is 11.3 Å². The van der Waals surface area contributed by atoms with Crippen molar-refractivity contribution in [2.75, 3.05) is 26.3 Å². The van der Waals surface area contributed by atoms with Crippen LogP contribution in [0.3, 0.4) is 0 Å². The fraction of sp³-hybridized carbons (Fsp3) is 0.400. The second kappa shape index (κ2) is 6.68. The van der Waals surface area contributed by atoms with Gasteiger partial charge in [0.1, 0.15) is 5.01 Å². The van der Waals surface area contributed by atoms with Crippen molar-refractivity contribution in [3.8, 4) is 10.6 Å². The zero-order valence-electron chi connectivity index (χ0n) is 11.2. The van der Waals surface area contributed by atoms with E-state index in [0.717, 1.165) is 43.5 Å². The van der Waals surface area contributed by atoms with E-state index in [4.69, 9.17) is 16.3 Å². The van der Waals surface area contributed by atoms with Gasteiger partial charge in [-0.2, -0.15) is 0 Å². The Bertz CT molecular complexity index is 567. The lowest BCUT2D eigenvalue weighted by Crippen LogP contribution is -2.35. The minimum atomic E-state index is 0.476. The molecule has 5 heteroatoms. The minimum absolute atomic E-state index is 0.476. The predicted molar refractivity (Wildman–Crippen MR) is 83.2 cm³/mol. The number of rotatable bonds is 4. The maximum Gasteiger partial charge on any atom is 0.123 e. The van der Waals surface area contributed by atoms with Gasteiger partial charge in [-0.3, -0.25) is 4.90 Å². The van der Waals surface area contributed by atoms with Crippen molar-refractivity contribution in [1.82, 2.24) is 9.88 Å². The van der Waals surface area contributed by atoms with E-state index in [0.29, 0.717) is 5.88 Å². The second-order valence-corrected chi connectivity index (χ2v) is 5.99. The SMILES string of the molecule is ClCc1csc(-c2cccc(CN3CCOCC3)c2)n1. The number of thiazole rings is 1. The number of benzene rings is 1. The Kier molecular flexibility index (Phi) is 4.68. The molecule has 0 N–H and O–H groups in total. The van der Waals surface area contributed by atoms with Gasteiger partial charge in [0.2, 0.25) is 0 Å². The van der Waals surface area contributed by atoms with E-state index in [1.807, 2.05) is 5.38 Å². The Morgan fingerprint density at radius 2 is 2.15 bits per heavy atom. The molecule has 1 aromatic heterocycles. The molecule has 0 atom stereocenters. The maximum absolute atomic E-state index is 5.81. The third kappa shape index (κ3) is 3.38. The zero-order chi connectivity index (χ0) is 13.8. The van der Waals surface area contributed by atoms with Crippen molar-refractivity contribution in [2.24, 2.45) is 0 Å². The highest BCUT2D eigenvalue weighted by Gasteiger charge is 2.11. The molecular formula is C15H17ClN2OS. The predicted octanol–water partition coefficient (Wildman–Crippen LogP) is 3.38. The van der Waals surface area contributed by atoms with Gasteiger partial charge in [-0.05, 0) is 11.6 Å². The number of halogens is 1. The molecule has 2 heterocycles. The van der Waals surface area contributed by atoms with Crippen LogP contribution in [0.4, 0.5) is 0 Å². The standard InChI is InChI=1S/C15H17ClN2OS/c16-9-14-11-20-15(17-14)13-3-1-2-12(8-13)10-18-4-6-19-7-5-18/h1-3,8,11H,4-7,9-10H2. The van der Waals surface area contributed by atoms with Crippen molar-refractivity contribution in [2.45, 2.75) is 12.4 Å². The van der Waals surface area contributed by atoms with Gasteiger partial charge in [0.15, 0.2) is 0 Å². The Balaban J connectivity index is 1.74. The first-order valence-electron chi connectivity index (χ1n) is 6.75. The fourth-order valence-corrected chi connectivity index (χ4v) is 3.37. The van der Waals surface area contributed by atoms with Gasteiger partial charge in [-0.15, -0.1) is 22.9 Å². The molecule has 0 aliphatic carbocycles. The molecule has 3 nitrogen and oxygen atoms in total. The molecule has 0 amide bonds. The summed E-state index contributed by atoms with van der Waals surface area (Å²) in [4.78, 5) is 6.97. The first kappa shape index (κ1) is 14.0. The van der Waals surface area contributed by atoms with Gasteiger partial charge in [0.25, 0.3) is 0 Å². The molecule has 1 aliphatic rings. The van der Waals surface area contributed by atoms with Gasteiger partial charge in [0, 0.05) is 30.6 Å². The van der Waals surface area contributed by atoms with Crippen molar-refractivity contribution in [3.63, 3.8) is 0 Å². The molecule has 0 spiro atoms. The Hall–Kier alpha value is -0.940. The first-order valence-corrected chi connectivity index (χ1v) is 8.16. The Labute approximate surface area is 128 Å². The summed E-state index contributed by atoms with van der Waals surface area (Å²) < 4.78 is 5.38. The van der Waals surface area contributed by atoms with E-state index in [2.05, 4.69) is 34.1 Å². The molecule has 1 aromatic carbocycles. The fourth-order valence-electron chi connectivity index (χ4n) is 2.32. The van der Waals surface area contributed by atoms with Crippen molar-refractivity contribution in [3.05, 3.63) is 40.9 Å². The normalized spacial score (nSPS) is 16.4. The van der Waals surface area contributed by atoms with Gasteiger partial charge in [-0.25, -0.2) is 4.98 Å². The number of hydrogen-bond donors (Lipinski definition) is 0. The van der Waals surface area contributed by atoms with Gasteiger partial charge in [-0.1, -0.05) is 18.2 Å². The van der Waals surface area contributed by atoms with E-state index in [1.165, 1.54) is 11.1 Å². The lowest BCUT2D eigenvalue weighted by Gasteiger charge is -2.26. The van der Waals surface area contributed by atoms with Crippen LogP contribution < -0.4 is 0 Å². The summed E-state index contributed by atoms with van der Waals surface area (Å²) in [6.07, 6.45) is 0. The van der Waals surface area contributed by atoms with Crippen molar-refractivity contribution < 1.29 is 4.74 Å². The first-order chi connectivity index (χ1) is 9.85. The molecule has 0 radical (unpaired) electrons. The Morgan fingerprint density at radius 3 is 2.90 bits per heavy atom. The van der Waals surface area contributed by atoms with Crippen LogP contribution in [0.15, 0.2) is 29.6 Å². The summed E-state index contributed by atoms with van der Waals surface area (Å²) in [5.74, 6) is 0.476. The molecule has 3 rings (SSSR count). The van der Waals surface area contributed by atoms with Crippen LogP contribution in [0, 0.1) is 0 Å². The highest BCUT2D eigenvalue weighted by atomic mass is 35.5. The monoisotopic (exact) mass is 308 g/mol. The highest BCUT2D eigenvalue weighted by molar-refractivity contribution is 7.13. The third-order valence-corrected chi connectivity index (χ3v) is 4.59. The van der Waals surface area contributed by atoms with E-state index < -0.39 is 0 Å². The molecule has 20 heavy (non-hydrogen) atoms. The number of morpholine rings is 1. The molecule has 0 unspecified atom stereocenters. The summed E-state index contributed by atoms with van der Waals surface area (Å²) >= 11 is 7.47. The van der Waals surface area contributed by atoms with Crippen LogP contribution in [-0.2, 0) is 17.2 Å². The third-order valence-electron chi connectivity index (χ3n) is 3.37. The van der Waals surface area contributed by atoms with Gasteiger partial charge >= 0.3 is 0 Å². The smallest absolute Gasteiger partial charge is 0.123 e. The average molecular weight is 309 g/mol. The molecular weight excluding hydrogens is 292 g/mol. The minimum Gasteiger partial charge on any atom is -0.379 e. The molecule has 1 saturated heterocycles. The summed E-state index contributed by atoms with van der Waals surface area (Å²) in [6.45, 7) is 4.68. The zero-order valence-corrected chi connectivity index (χ0v) is 12.8. The largest absolute Gasteiger partial charge is 0.379 e. The molecule has 1 fully saturated rings. The van der Waals surface area contributed by atoms with Crippen LogP contribution >= 0.6 is 22.9 Å². The summed E-state index contributed by atoms with van der Waals surface area (Å²) in [5.41, 5.74) is 3.45. The van der Waals surface area contributed by atoms with Crippen LogP contribution in [0.1, 0.15) is 11.3 Å². The van der Waals surface area contributed by atoms with Crippen molar-refractivity contribution in [1.29, 1.82) is 0 Å². The summed E-state index contributed by atoms with van der Waals surface area (Å²) in [6, 6.07) is 8.62. The topological polar surface area (TPSA) is 25.4 Å². The summed E-state index contributed by atoms with van der Waals surface area (Å²) in [7, 11) is 0. The van der Waals surface area contributed by atoms with Crippen LogP contribution in [0.2, 0.25) is 0 Å². The van der Waals surface area contributed by atoms with E-state index in [-0.39, 0.29) is 0 Å². The number of ether oxygens (including phenoxy) is 1. The lowest BCUT2D eigenvalue weighted by atomic mass is 10.1.